The molecule has 0 amide bonds. The van der Waals surface area contributed by atoms with Crippen LogP contribution in [0.25, 0.3) is 0 Å². The number of rotatable bonds is 1. The molecule has 14 heavy (non-hydrogen) atoms. The van der Waals surface area contributed by atoms with Gasteiger partial charge in [-0.15, -0.1) is 0 Å². The van der Waals surface area contributed by atoms with Crippen LogP contribution in [-0.4, -0.2) is 24.9 Å². The maximum atomic E-state index is 12.8. The Morgan fingerprint density at radius 1 is 1.50 bits per heavy atom. The largest absolute Gasteiger partial charge is 0.505 e. The van der Waals surface area contributed by atoms with Gasteiger partial charge in [-0.25, -0.2) is 4.39 Å². The number of hydrogen-bond donors (Lipinski definition) is 2. The SMILES string of the molecule is Oc1cc(C2COCCN2)ccc1F. The van der Waals surface area contributed by atoms with Crippen LogP contribution in [0.5, 0.6) is 5.75 Å². The topological polar surface area (TPSA) is 41.5 Å². The summed E-state index contributed by atoms with van der Waals surface area (Å²) in [6, 6.07) is 4.40. The van der Waals surface area contributed by atoms with E-state index in [0.717, 1.165) is 12.1 Å². The molecule has 1 atom stereocenters. The Morgan fingerprint density at radius 3 is 3.00 bits per heavy atom. The molecule has 1 unspecified atom stereocenters. The molecule has 1 aliphatic rings. The van der Waals surface area contributed by atoms with Gasteiger partial charge in [-0.05, 0) is 17.7 Å². The van der Waals surface area contributed by atoms with E-state index in [1.807, 2.05) is 0 Å². The second kappa shape index (κ2) is 3.94. The van der Waals surface area contributed by atoms with Crippen molar-refractivity contribution in [3.63, 3.8) is 0 Å². The van der Waals surface area contributed by atoms with Gasteiger partial charge in [0.15, 0.2) is 11.6 Å². The smallest absolute Gasteiger partial charge is 0.164 e. The van der Waals surface area contributed by atoms with Crippen LogP contribution in [0.2, 0.25) is 0 Å². The molecule has 1 aromatic rings. The zero-order valence-corrected chi connectivity index (χ0v) is 7.66. The van der Waals surface area contributed by atoms with Gasteiger partial charge in [-0.2, -0.15) is 0 Å². The fourth-order valence-electron chi connectivity index (χ4n) is 1.53. The average molecular weight is 197 g/mol. The first-order valence-corrected chi connectivity index (χ1v) is 4.57. The average Bonchev–Trinajstić information content (AvgIpc) is 2.23. The van der Waals surface area contributed by atoms with Gasteiger partial charge in [0.05, 0.1) is 19.3 Å². The van der Waals surface area contributed by atoms with Gasteiger partial charge in [-0.1, -0.05) is 6.07 Å². The summed E-state index contributed by atoms with van der Waals surface area (Å²) < 4.78 is 18.0. The second-order valence-electron chi connectivity index (χ2n) is 3.29. The first-order chi connectivity index (χ1) is 6.77. The minimum Gasteiger partial charge on any atom is -0.505 e. The number of phenols is 1. The Balaban J connectivity index is 2.18. The van der Waals surface area contributed by atoms with E-state index in [9.17, 15) is 9.50 Å². The first-order valence-electron chi connectivity index (χ1n) is 4.57. The fourth-order valence-corrected chi connectivity index (χ4v) is 1.53. The van der Waals surface area contributed by atoms with Crippen molar-refractivity contribution in [3.8, 4) is 5.75 Å². The van der Waals surface area contributed by atoms with E-state index in [-0.39, 0.29) is 11.8 Å². The van der Waals surface area contributed by atoms with E-state index in [0.29, 0.717) is 13.2 Å². The molecule has 1 fully saturated rings. The molecule has 3 nitrogen and oxygen atoms in total. The van der Waals surface area contributed by atoms with Crippen molar-refractivity contribution in [1.29, 1.82) is 0 Å². The highest BCUT2D eigenvalue weighted by Gasteiger charge is 2.16. The summed E-state index contributed by atoms with van der Waals surface area (Å²) in [5, 5.41) is 12.4. The Morgan fingerprint density at radius 2 is 2.36 bits per heavy atom. The van der Waals surface area contributed by atoms with Gasteiger partial charge >= 0.3 is 0 Å². The van der Waals surface area contributed by atoms with E-state index in [1.54, 1.807) is 6.07 Å². The van der Waals surface area contributed by atoms with Crippen molar-refractivity contribution >= 4 is 0 Å². The Hall–Kier alpha value is -1.13. The molecular formula is C10H12FNO2. The Bertz CT molecular complexity index is 324. The standard InChI is InChI=1S/C10H12FNO2/c11-8-2-1-7(5-10(8)13)9-6-14-4-3-12-9/h1-2,5,9,12-13H,3-4,6H2. The van der Waals surface area contributed by atoms with Gasteiger partial charge in [0, 0.05) is 6.54 Å². The number of benzene rings is 1. The molecule has 0 aliphatic carbocycles. The minimum absolute atomic E-state index is 0.0512. The van der Waals surface area contributed by atoms with Crippen LogP contribution in [0.15, 0.2) is 18.2 Å². The lowest BCUT2D eigenvalue weighted by Crippen LogP contribution is -2.34. The fraction of sp³-hybridized carbons (Fsp3) is 0.400. The first kappa shape index (κ1) is 9.43. The van der Waals surface area contributed by atoms with Crippen molar-refractivity contribution in [2.45, 2.75) is 6.04 Å². The Labute approximate surface area is 81.5 Å². The zero-order valence-electron chi connectivity index (χ0n) is 7.66. The molecule has 4 heteroatoms. The monoisotopic (exact) mass is 197 g/mol. The molecular weight excluding hydrogens is 185 g/mol. The summed E-state index contributed by atoms with van der Waals surface area (Å²) in [6.07, 6.45) is 0. The summed E-state index contributed by atoms with van der Waals surface area (Å²) in [6.45, 7) is 2.04. The molecule has 1 saturated heterocycles. The minimum atomic E-state index is -0.592. The summed E-state index contributed by atoms with van der Waals surface area (Å²) in [5.41, 5.74) is 0.851. The van der Waals surface area contributed by atoms with Gasteiger partial charge in [-0.3, -0.25) is 0 Å². The Kier molecular flexibility index (Phi) is 2.65. The molecule has 1 heterocycles. The highest BCUT2D eigenvalue weighted by molar-refractivity contribution is 5.31. The van der Waals surface area contributed by atoms with Crippen molar-refractivity contribution in [2.75, 3.05) is 19.8 Å². The van der Waals surface area contributed by atoms with Gasteiger partial charge < -0.3 is 15.2 Å². The summed E-state index contributed by atoms with van der Waals surface area (Å²) in [5.74, 6) is -0.902. The van der Waals surface area contributed by atoms with Crippen LogP contribution in [0.1, 0.15) is 11.6 Å². The second-order valence-corrected chi connectivity index (χ2v) is 3.29. The van der Waals surface area contributed by atoms with Crippen LogP contribution in [-0.2, 0) is 4.74 Å². The number of halogens is 1. The third-order valence-electron chi connectivity index (χ3n) is 2.29. The molecule has 0 bridgehead atoms. The molecule has 0 aromatic heterocycles. The third-order valence-corrected chi connectivity index (χ3v) is 2.29. The lowest BCUT2D eigenvalue weighted by Gasteiger charge is -2.24. The quantitative estimate of drug-likeness (QED) is 0.710. The number of phenolic OH excluding ortho intramolecular Hbond substituents is 1. The molecule has 0 saturated carbocycles. The molecule has 0 radical (unpaired) electrons. The van der Waals surface area contributed by atoms with E-state index >= 15 is 0 Å². The van der Waals surface area contributed by atoms with E-state index < -0.39 is 5.82 Å². The normalized spacial score (nSPS) is 22.2. The summed E-state index contributed by atoms with van der Waals surface area (Å²) in [7, 11) is 0. The molecule has 76 valence electrons. The lowest BCUT2D eigenvalue weighted by atomic mass is 10.1. The molecule has 1 aromatic carbocycles. The van der Waals surface area contributed by atoms with Crippen molar-refractivity contribution in [3.05, 3.63) is 29.6 Å². The maximum Gasteiger partial charge on any atom is 0.164 e. The molecule has 1 aliphatic heterocycles. The highest BCUT2D eigenvalue weighted by Crippen LogP contribution is 2.22. The predicted octanol–water partition coefficient (Wildman–Crippen LogP) is 1.19. The van der Waals surface area contributed by atoms with Crippen LogP contribution in [0.3, 0.4) is 0 Å². The summed E-state index contributed by atoms with van der Waals surface area (Å²) >= 11 is 0. The highest BCUT2D eigenvalue weighted by atomic mass is 19.1. The van der Waals surface area contributed by atoms with Gasteiger partial charge in [0.25, 0.3) is 0 Å². The van der Waals surface area contributed by atoms with Crippen LogP contribution < -0.4 is 5.32 Å². The predicted molar refractivity (Wildman–Crippen MR) is 49.6 cm³/mol. The van der Waals surface area contributed by atoms with E-state index in [1.165, 1.54) is 12.1 Å². The van der Waals surface area contributed by atoms with Crippen LogP contribution >= 0.6 is 0 Å². The maximum absolute atomic E-state index is 12.8. The molecule has 2 rings (SSSR count). The lowest BCUT2D eigenvalue weighted by molar-refractivity contribution is 0.0768. The van der Waals surface area contributed by atoms with Gasteiger partial charge in [0.2, 0.25) is 0 Å². The van der Waals surface area contributed by atoms with Crippen molar-refractivity contribution < 1.29 is 14.2 Å². The van der Waals surface area contributed by atoms with E-state index in [4.69, 9.17) is 4.74 Å². The zero-order chi connectivity index (χ0) is 9.97. The van der Waals surface area contributed by atoms with Crippen LogP contribution in [0.4, 0.5) is 4.39 Å². The van der Waals surface area contributed by atoms with Crippen molar-refractivity contribution in [2.24, 2.45) is 0 Å². The van der Waals surface area contributed by atoms with Crippen LogP contribution in [0, 0.1) is 5.82 Å². The molecule has 0 spiro atoms. The number of morpholine rings is 1. The third kappa shape index (κ3) is 1.86. The number of ether oxygens (including phenoxy) is 1. The summed E-state index contributed by atoms with van der Waals surface area (Å²) in [4.78, 5) is 0. The number of aromatic hydroxyl groups is 1. The van der Waals surface area contributed by atoms with Crippen molar-refractivity contribution in [1.82, 2.24) is 5.32 Å². The number of hydrogen-bond acceptors (Lipinski definition) is 3. The van der Waals surface area contributed by atoms with E-state index in [2.05, 4.69) is 5.32 Å². The molecule has 2 N–H and O–H groups in total. The van der Waals surface area contributed by atoms with Gasteiger partial charge in [0.1, 0.15) is 0 Å². The number of nitrogens with one attached hydrogen (secondary N) is 1.